The smallest absolute Gasteiger partial charge is 0.327 e. The fourth-order valence-corrected chi connectivity index (χ4v) is 5.21. The monoisotopic (exact) mass is 384 g/mol. The summed E-state index contributed by atoms with van der Waals surface area (Å²) in [5, 5.41) is 5.28. The maximum Gasteiger partial charge on any atom is 0.327 e. The second-order valence-corrected chi connectivity index (χ2v) is 7.98. The number of fused-ring (bicyclic) bond motifs is 1. The molecule has 27 heavy (non-hydrogen) atoms. The van der Waals surface area contributed by atoms with Crippen molar-refractivity contribution in [3.8, 4) is 0 Å². The number of imide groups is 1. The van der Waals surface area contributed by atoms with Crippen LogP contribution in [0.15, 0.2) is 47.8 Å². The number of carbonyl (C=O) groups excluding carboxylic acids is 3. The summed E-state index contributed by atoms with van der Waals surface area (Å²) < 4.78 is 5.12. The molecule has 0 unspecified atom stereocenters. The summed E-state index contributed by atoms with van der Waals surface area (Å²) in [6.45, 7) is 0. The Bertz CT molecular complexity index is 883. The van der Waals surface area contributed by atoms with E-state index < -0.39 is 29.4 Å². The molecule has 2 aliphatic rings. The summed E-state index contributed by atoms with van der Waals surface area (Å²) >= 11 is 1.50. The van der Waals surface area contributed by atoms with Crippen molar-refractivity contribution in [2.45, 2.75) is 18.0 Å². The molecule has 3 heterocycles. The molecular formula is C20H20N2O4S. The van der Waals surface area contributed by atoms with E-state index in [2.05, 4.69) is 5.32 Å². The molecule has 140 valence electrons. The molecule has 2 aromatic rings. The molecule has 2 aliphatic heterocycles. The maximum absolute atomic E-state index is 13.0. The number of esters is 1. The van der Waals surface area contributed by atoms with Crippen molar-refractivity contribution in [2.24, 2.45) is 11.8 Å². The van der Waals surface area contributed by atoms with Crippen molar-refractivity contribution in [1.29, 1.82) is 0 Å². The largest absolute Gasteiger partial charge is 0.468 e. The van der Waals surface area contributed by atoms with Crippen LogP contribution in [-0.4, -0.2) is 42.4 Å². The molecule has 0 spiro atoms. The highest BCUT2D eigenvalue weighted by molar-refractivity contribution is 7.10. The van der Waals surface area contributed by atoms with E-state index in [1.807, 2.05) is 47.8 Å². The van der Waals surface area contributed by atoms with Crippen molar-refractivity contribution in [1.82, 2.24) is 10.2 Å². The molecule has 0 aliphatic carbocycles. The molecule has 1 aromatic carbocycles. The Morgan fingerprint density at radius 3 is 2.56 bits per heavy atom. The minimum atomic E-state index is -1.28. The van der Waals surface area contributed by atoms with Gasteiger partial charge in [0, 0.05) is 18.3 Å². The SMILES string of the molecule is COC(=O)[C@]1(Cc2ccccc2)N[C@H](c2cccs2)[C@@H]2C(=O)N(C)C(=O)[C@H]21. The van der Waals surface area contributed by atoms with Gasteiger partial charge in [0.05, 0.1) is 25.0 Å². The van der Waals surface area contributed by atoms with Crippen molar-refractivity contribution in [3.05, 3.63) is 58.3 Å². The Balaban J connectivity index is 1.85. The fourth-order valence-electron chi connectivity index (χ4n) is 4.38. The van der Waals surface area contributed by atoms with Crippen molar-refractivity contribution < 1.29 is 19.1 Å². The van der Waals surface area contributed by atoms with Gasteiger partial charge in [0.15, 0.2) is 0 Å². The van der Waals surface area contributed by atoms with E-state index in [0.29, 0.717) is 0 Å². The number of nitrogens with one attached hydrogen (secondary N) is 1. The van der Waals surface area contributed by atoms with Crippen LogP contribution in [0.5, 0.6) is 0 Å². The first-order valence-electron chi connectivity index (χ1n) is 8.74. The average molecular weight is 384 g/mol. The number of hydrogen-bond donors (Lipinski definition) is 1. The number of nitrogens with zero attached hydrogens (tertiary/aromatic N) is 1. The van der Waals surface area contributed by atoms with Gasteiger partial charge in [-0.15, -0.1) is 11.3 Å². The highest BCUT2D eigenvalue weighted by atomic mass is 32.1. The lowest BCUT2D eigenvalue weighted by Gasteiger charge is -2.32. The molecular weight excluding hydrogens is 364 g/mol. The van der Waals surface area contributed by atoms with Crippen LogP contribution < -0.4 is 5.32 Å². The highest BCUT2D eigenvalue weighted by Crippen LogP contribution is 2.50. The zero-order chi connectivity index (χ0) is 19.2. The predicted molar refractivity (Wildman–Crippen MR) is 99.8 cm³/mol. The van der Waals surface area contributed by atoms with Crippen LogP contribution in [0.4, 0.5) is 0 Å². The second-order valence-electron chi connectivity index (χ2n) is 7.00. The molecule has 7 heteroatoms. The zero-order valence-electron chi connectivity index (χ0n) is 15.0. The second kappa shape index (κ2) is 6.58. The Morgan fingerprint density at radius 2 is 1.93 bits per heavy atom. The minimum Gasteiger partial charge on any atom is -0.468 e. The first kappa shape index (κ1) is 17.9. The molecule has 2 amide bonds. The van der Waals surface area contributed by atoms with Gasteiger partial charge in [-0.05, 0) is 17.0 Å². The van der Waals surface area contributed by atoms with E-state index in [4.69, 9.17) is 4.74 Å². The van der Waals surface area contributed by atoms with Gasteiger partial charge in [-0.2, -0.15) is 0 Å². The van der Waals surface area contributed by atoms with Gasteiger partial charge in [0.25, 0.3) is 0 Å². The summed E-state index contributed by atoms with van der Waals surface area (Å²) in [4.78, 5) is 40.9. The number of likely N-dealkylation sites (tertiary alicyclic amines) is 1. The number of rotatable bonds is 4. The molecule has 2 fully saturated rings. The Morgan fingerprint density at radius 1 is 1.19 bits per heavy atom. The average Bonchev–Trinajstić information content (AvgIpc) is 3.37. The van der Waals surface area contributed by atoms with Crippen LogP contribution in [0.25, 0.3) is 0 Å². The van der Waals surface area contributed by atoms with E-state index in [1.54, 1.807) is 0 Å². The zero-order valence-corrected chi connectivity index (χ0v) is 15.9. The number of thiophene rings is 1. The third-order valence-electron chi connectivity index (χ3n) is 5.60. The van der Waals surface area contributed by atoms with Crippen LogP contribution in [0.3, 0.4) is 0 Å². The lowest BCUT2D eigenvalue weighted by molar-refractivity contribution is -0.153. The minimum absolute atomic E-state index is 0.255. The first-order chi connectivity index (χ1) is 13.0. The van der Waals surface area contributed by atoms with Crippen LogP contribution >= 0.6 is 11.3 Å². The van der Waals surface area contributed by atoms with Crippen molar-refractivity contribution in [3.63, 3.8) is 0 Å². The van der Waals surface area contributed by atoms with Crippen LogP contribution in [0.2, 0.25) is 0 Å². The topological polar surface area (TPSA) is 75.7 Å². The lowest BCUT2D eigenvalue weighted by atomic mass is 9.76. The molecule has 2 saturated heterocycles. The molecule has 1 N–H and O–H groups in total. The third kappa shape index (κ3) is 2.61. The number of benzene rings is 1. The summed E-state index contributed by atoms with van der Waals surface area (Å²) in [7, 11) is 2.80. The third-order valence-corrected chi connectivity index (χ3v) is 6.56. The van der Waals surface area contributed by atoms with Crippen molar-refractivity contribution in [2.75, 3.05) is 14.2 Å². The van der Waals surface area contributed by atoms with Crippen molar-refractivity contribution >= 4 is 29.1 Å². The summed E-state index contributed by atoms with van der Waals surface area (Å²) in [5.41, 5.74) is -0.386. The predicted octanol–water partition coefficient (Wildman–Crippen LogP) is 1.78. The molecule has 0 saturated carbocycles. The van der Waals surface area contributed by atoms with Crippen LogP contribution in [-0.2, 0) is 25.5 Å². The number of hydrogen-bond acceptors (Lipinski definition) is 6. The number of carbonyl (C=O) groups is 3. The molecule has 0 radical (unpaired) electrons. The summed E-state index contributed by atoms with van der Waals surface area (Å²) in [6, 6.07) is 12.9. The van der Waals surface area contributed by atoms with Gasteiger partial charge >= 0.3 is 5.97 Å². The molecule has 0 bridgehead atoms. The van der Waals surface area contributed by atoms with Gasteiger partial charge < -0.3 is 4.74 Å². The molecule has 4 atom stereocenters. The summed E-state index contributed by atoms with van der Waals surface area (Å²) in [6.07, 6.45) is 0.274. The molecule has 4 rings (SSSR count). The highest BCUT2D eigenvalue weighted by Gasteiger charge is 2.68. The van der Waals surface area contributed by atoms with Crippen LogP contribution in [0, 0.1) is 11.8 Å². The maximum atomic E-state index is 13.0. The number of methoxy groups -OCH3 is 1. The van der Waals surface area contributed by atoms with E-state index in [1.165, 1.54) is 25.5 Å². The number of amides is 2. The Labute approximate surface area is 161 Å². The normalized spacial score (nSPS) is 29.9. The van der Waals surface area contributed by atoms with E-state index in [-0.39, 0.29) is 18.2 Å². The van der Waals surface area contributed by atoms with E-state index in [9.17, 15) is 14.4 Å². The first-order valence-corrected chi connectivity index (χ1v) is 9.62. The quantitative estimate of drug-likeness (QED) is 0.642. The van der Waals surface area contributed by atoms with Gasteiger partial charge in [-0.25, -0.2) is 0 Å². The Hall–Kier alpha value is -2.51. The van der Waals surface area contributed by atoms with Gasteiger partial charge in [0.2, 0.25) is 11.8 Å². The van der Waals surface area contributed by atoms with E-state index in [0.717, 1.165) is 15.3 Å². The molecule has 1 aromatic heterocycles. The Kier molecular flexibility index (Phi) is 4.36. The fraction of sp³-hybridized carbons (Fsp3) is 0.350. The standard InChI is InChI=1S/C20H20N2O4S/c1-22-17(23)14-15(18(22)24)20(19(25)26-2,11-12-7-4-3-5-8-12)21-16(14)13-9-6-10-27-13/h3-10,14-16,21H,11H2,1-2H3/t14-,15+,16-,20-/m1/s1. The summed E-state index contributed by atoms with van der Waals surface area (Å²) in [5.74, 6) is -2.52. The van der Waals surface area contributed by atoms with Crippen LogP contribution in [0.1, 0.15) is 16.5 Å². The molecule has 6 nitrogen and oxygen atoms in total. The van der Waals surface area contributed by atoms with Gasteiger partial charge in [-0.3, -0.25) is 24.6 Å². The number of ether oxygens (including phenoxy) is 1. The van der Waals surface area contributed by atoms with Gasteiger partial charge in [-0.1, -0.05) is 36.4 Å². The van der Waals surface area contributed by atoms with E-state index >= 15 is 0 Å². The van der Waals surface area contributed by atoms with Gasteiger partial charge in [0.1, 0.15) is 5.54 Å². The lowest BCUT2D eigenvalue weighted by Crippen LogP contribution is -2.57.